The van der Waals surface area contributed by atoms with Gasteiger partial charge in [-0.05, 0) is 12.8 Å². The van der Waals surface area contributed by atoms with Gasteiger partial charge in [0.2, 0.25) is 5.82 Å². The normalized spacial score (nSPS) is 24.1. The van der Waals surface area contributed by atoms with E-state index in [1.165, 1.54) is 4.90 Å². The second kappa shape index (κ2) is 6.70. The molecule has 0 aromatic carbocycles. The van der Waals surface area contributed by atoms with Crippen LogP contribution in [-0.2, 0) is 4.74 Å². The molecule has 2 atom stereocenters. The summed E-state index contributed by atoms with van der Waals surface area (Å²) in [4.78, 5) is 12.8. The Balaban J connectivity index is 2.91. The molecule has 0 N–H and O–H groups in total. The Hall–Kier alpha value is -1.37. The van der Waals surface area contributed by atoms with E-state index in [0.29, 0.717) is 32.2 Å². The summed E-state index contributed by atoms with van der Waals surface area (Å²) in [6.07, 6.45) is 0. The van der Waals surface area contributed by atoms with Crippen LogP contribution < -0.4 is 0 Å². The van der Waals surface area contributed by atoms with E-state index < -0.39 is 10.9 Å². The van der Waals surface area contributed by atoms with Gasteiger partial charge in [0.25, 0.3) is 0 Å². The minimum atomic E-state index is -1.31. The summed E-state index contributed by atoms with van der Waals surface area (Å²) in [5, 5.41) is 10.7. The molecule has 0 saturated carbocycles. The molecule has 0 aromatic rings. The highest BCUT2D eigenvalue weighted by Crippen LogP contribution is 2.24. The third-order valence-electron chi connectivity index (χ3n) is 3.42. The van der Waals surface area contributed by atoms with Gasteiger partial charge in [-0.15, -0.1) is 4.39 Å². The van der Waals surface area contributed by atoms with Crippen LogP contribution in [0.15, 0.2) is 11.8 Å². The lowest BCUT2D eigenvalue weighted by molar-refractivity contribution is -0.450. The van der Waals surface area contributed by atoms with Crippen molar-refractivity contribution in [1.82, 2.24) is 9.80 Å². The van der Waals surface area contributed by atoms with Crippen molar-refractivity contribution in [3.8, 4) is 0 Å². The van der Waals surface area contributed by atoms with Crippen molar-refractivity contribution < 1.29 is 14.1 Å². The smallest absolute Gasteiger partial charge is 0.381 e. The van der Waals surface area contributed by atoms with Crippen LogP contribution in [0.25, 0.3) is 0 Å². The van der Waals surface area contributed by atoms with Gasteiger partial charge in [0.15, 0.2) is 0 Å². The Morgan fingerprint density at radius 2 is 2.11 bits per heavy atom. The number of hydrogen-bond donors (Lipinski definition) is 0. The van der Waals surface area contributed by atoms with Gasteiger partial charge in [0, 0.05) is 39.7 Å². The van der Waals surface area contributed by atoms with Crippen molar-refractivity contribution in [1.29, 1.82) is 0 Å². The van der Waals surface area contributed by atoms with Gasteiger partial charge in [0.05, 0.1) is 11.5 Å². The molecular formula is C12H22FN3O3. The molecule has 6 nitrogen and oxygen atoms in total. The molecule has 110 valence electrons. The first-order valence-electron chi connectivity index (χ1n) is 6.42. The van der Waals surface area contributed by atoms with E-state index in [1.54, 1.807) is 19.0 Å². The predicted octanol–water partition coefficient (Wildman–Crippen LogP) is 1.53. The number of hydrogen-bond acceptors (Lipinski definition) is 5. The van der Waals surface area contributed by atoms with E-state index in [1.807, 2.05) is 6.92 Å². The lowest BCUT2D eigenvalue weighted by Gasteiger charge is -2.31. The second-order valence-electron chi connectivity index (χ2n) is 5.08. The molecule has 7 heteroatoms. The molecule has 0 bridgehead atoms. The number of ether oxygens (including phenoxy) is 1. The number of halogens is 1. The lowest BCUT2D eigenvalue weighted by Crippen LogP contribution is -2.38. The van der Waals surface area contributed by atoms with E-state index >= 15 is 0 Å². The molecule has 0 aromatic heterocycles. The Morgan fingerprint density at radius 1 is 1.47 bits per heavy atom. The van der Waals surface area contributed by atoms with E-state index in [4.69, 9.17) is 4.74 Å². The minimum absolute atomic E-state index is 0.0200. The fourth-order valence-corrected chi connectivity index (χ4v) is 2.27. The maximum absolute atomic E-state index is 13.7. The summed E-state index contributed by atoms with van der Waals surface area (Å²) in [5.41, 5.74) is 0. The highest BCUT2D eigenvalue weighted by Gasteiger charge is 2.31. The maximum Gasteiger partial charge on any atom is 0.460 e. The van der Waals surface area contributed by atoms with Crippen LogP contribution in [-0.4, -0.2) is 55.1 Å². The fourth-order valence-electron chi connectivity index (χ4n) is 2.27. The first-order chi connectivity index (χ1) is 8.88. The van der Waals surface area contributed by atoms with Crippen LogP contribution in [0.1, 0.15) is 13.8 Å². The molecule has 1 saturated heterocycles. The summed E-state index contributed by atoms with van der Waals surface area (Å²) in [6, 6.07) is 0. The highest BCUT2D eigenvalue weighted by molar-refractivity contribution is 5.00. The standard InChI is InChI=1S/C12H22FN3O3/c1-5-15(6-10-8-19-7-9(10)2)12(14(3)4)11(13)16(17)18/h9-10H,5-8H2,1-4H3. The number of nitrogens with zero attached hydrogens (tertiary/aromatic N) is 3. The van der Waals surface area contributed by atoms with Crippen molar-refractivity contribution in [2.75, 3.05) is 40.4 Å². The summed E-state index contributed by atoms with van der Waals surface area (Å²) >= 11 is 0. The fraction of sp³-hybridized carbons (Fsp3) is 0.833. The molecule has 1 rings (SSSR count). The molecule has 19 heavy (non-hydrogen) atoms. The minimum Gasteiger partial charge on any atom is -0.381 e. The zero-order valence-corrected chi connectivity index (χ0v) is 11.9. The third kappa shape index (κ3) is 3.79. The van der Waals surface area contributed by atoms with Gasteiger partial charge in [-0.2, -0.15) is 0 Å². The Bertz CT molecular complexity index is 360. The molecular weight excluding hydrogens is 253 g/mol. The SMILES string of the molecule is CCN(CC1COCC1C)C(=C(F)[N+](=O)[O-])N(C)C. The molecule has 0 aliphatic carbocycles. The van der Waals surface area contributed by atoms with Crippen LogP contribution in [0.3, 0.4) is 0 Å². The van der Waals surface area contributed by atoms with Crippen molar-refractivity contribution in [3.63, 3.8) is 0 Å². The van der Waals surface area contributed by atoms with E-state index in [2.05, 4.69) is 6.92 Å². The molecule has 1 aliphatic rings. The van der Waals surface area contributed by atoms with Crippen LogP contribution in [0.2, 0.25) is 0 Å². The third-order valence-corrected chi connectivity index (χ3v) is 3.42. The molecule has 0 radical (unpaired) electrons. The summed E-state index contributed by atoms with van der Waals surface area (Å²) < 4.78 is 19.1. The van der Waals surface area contributed by atoms with Crippen molar-refractivity contribution in [2.45, 2.75) is 13.8 Å². The molecule has 1 fully saturated rings. The van der Waals surface area contributed by atoms with Crippen LogP contribution >= 0.6 is 0 Å². The Kier molecular flexibility index (Phi) is 5.53. The van der Waals surface area contributed by atoms with Crippen LogP contribution in [0, 0.1) is 22.0 Å². The molecule has 0 spiro atoms. The summed E-state index contributed by atoms with van der Waals surface area (Å²) in [6.45, 7) is 6.33. The van der Waals surface area contributed by atoms with Crippen molar-refractivity contribution in [2.24, 2.45) is 11.8 Å². The molecule has 1 heterocycles. The zero-order valence-electron chi connectivity index (χ0n) is 11.9. The van der Waals surface area contributed by atoms with Crippen molar-refractivity contribution in [3.05, 3.63) is 21.9 Å². The lowest BCUT2D eigenvalue weighted by atomic mass is 9.97. The van der Waals surface area contributed by atoms with Gasteiger partial charge >= 0.3 is 5.95 Å². The predicted molar refractivity (Wildman–Crippen MR) is 69.5 cm³/mol. The largest absolute Gasteiger partial charge is 0.460 e. The second-order valence-corrected chi connectivity index (χ2v) is 5.08. The van der Waals surface area contributed by atoms with Crippen LogP contribution in [0.4, 0.5) is 4.39 Å². The zero-order chi connectivity index (χ0) is 14.6. The Morgan fingerprint density at radius 3 is 2.47 bits per heavy atom. The van der Waals surface area contributed by atoms with Crippen LogP contribution in [0.5, 0.6) is 0 Å². The van der Waals surface area contributed by atoms with E-state index in [0.717, 1.165) is 0 Å². The highest BCUT2D eigenvalue weighted by atomic mass is 19.1. The maximum atomic E-state index is 13.7. The van der Waals surface area contributed by atoms with E-state index in [-0.39, 0.29) is 11.7 Å². The number of nitro groups is 1. The van der Waals surface area contributed by atoms with Gasteiger partial charge in [0.1, 0.15) is 0 Å². The van der Waals surface area contributed by atoms with Crippen molar-refractivity contribution >= 4 is 0 Å². The average Bonchev–Trinajstić information content (AvgIpc) is 2.73. The number of rotatable bonds is 6. The summed E-state index contributed by atoms with van der Waals surface area (Å²) in [7, 11) is 3.21. The first kappa shape index (κ1) is 15.7. The van der Waals surface area contributed by atoms with Gasteiger partial charge in [-0.25, -0.2) is 0 Å². The molecule has 2 unspecified atom stereocenters. The topological polar surface area (TPSA) is 58.9 Å². The first-order valence-corrected chi connectivity index (χ1v) is 6.42. The van der Waals surface area contributed by atoms with Gasteiger partial charge in [-0.3, -0.25) is 10.1 Å². The Labute approximate surface area is 113 Å². The van der Waals surface area contributed by atoms with Gasteiger partial charge < -0.3 is 14.5 Å². The molecule has 1 aliphatic heterocycles. The van der Waals surface area contributed by atoms with E-state index in [9.17, 15) is 14.5 Å². The monoisotopic (exact) mass is 275 g/mol. The average molecular weight is 275 g/mol. The van der Waals surface area contributed by atoms with Gasteiger partial charge in [-0.1, -0.05) is 6.92 Å². The molecule has 0 amide bonds. The quantitative estimate of drug-likeness (QED) is 0.418. The summed E-state index contributed by atoms with van der Waals surface area (Å²) in [5.74, 6) is -0.629.